The van der Waals surface area contributed by atoms with E-state index in [1.807, 2.05) is 66.8 Å². The van der Waals surface area contributed by atoms with Gasteiger partial charge in [0.15, 0.2) is 0 Å². The monoisotopic (exact) mass is 642 g/mol. The van der Waals surface area contributed by atoms with Gasteiger partial charge < -0.3 is 9.97 Å². The second-order valence-electron chi connectivity index (χ2n) is 11.6. The fraction of sp³-hybridized carbons (Fsp3) is 0.263. The van der Waals surface area contributed by atoms with Crippen molar-refractivity contribution in [1.82, 2.24) is 46.4 Å². The summed E-state index contributed by atoms with van der Waals surface area (Å²) in [4.78, 5) is 24.3. The molecule has 0 unspecified atom stereocenters. The molecule has 0 spiro atoms. The van der Waals surface area contributed by atoms with Crippen LogP contribution in [0.5, 0.6) is 0 Å². The standard InChI is InChI=1S/C20H14N4.C10H26N4.C8H6N2/c1-2-14-10-16-5-6-18(23-16)12-20-8-7-19(24-20)11-17-4-3-15(22-17)9-13(1)21-14;1-2-3-4-5-6-7-8-9-10-12-14-13-11;1-2-4-8-7(3-1)9-5-6-10-8/h1-12,21-22H;12-14H,2-11H2,1H3;1-6H. The van der Waals surface area contributed by atoms with Crippen LogP contribution in [0.2, 0.25) is 0 Å². The van der Waals surface area contributed by atoms with Crippen LogP contribution in [0.15, 0.2) is 85.2 Å². The zero-order valence-electron chi connectivity index (χ0n) is 27.6. The average molecular weight is 643 g/mol. The molecule has 4 aromatic heterocycles. The molecule has 7 rings (SSSR count). The molecule has 6 heterocycles. The molecule has 0 radical (unpaired) electrons. The van der Waals surface area contributed by atoms with E-state index in [9.17, 15) is 0 Å². The number of nitrogens with one attached hydrogen (secondary N) is 5. The number of benzene rings is 1. The SMILES string of the molecule is C1=Cc2cc3ccc(cc4ccc(cc5nc(cc1n2)C=C5)[nH]4)[nH]3.CCCCCCCCCCNNNN.c1ccc2nccnc2c1. The van der Waals surface area contributed by atoms with E-state index >= 15 is 0 Å². The number of hydrogen-bond donors (Lipinski definition) is 6. The molecule has 2 aliphatic heterocycles. The molecular weight excluding hydrogens is 596 g/mol. The molecule has 0 amide bonds. The van der Waals surface area contributed by atoms with Gasteiger partial charge in [0.25, 0.3) is 0 Å². The quantitative estimate of drug-likeness (QED) is 0.0475. The van der Waals surface area contributed by atoms with Crippen LogP contribution >= 0.6 is 0 Å². The van der Waals surface area contributed by atoms with E-state index in [0.29, 0.717) is 0 Å². The first-order chi connectivity index (χ1) is 23.7. The minimum absolute atomic E-state index is 0.915. The molecule has 0 fully saturated rings. The summed E-state index contributed by atoms with van der Waals surface area (Å²) < 4.78 is 0. The number of para-hydroxylation sites is 2. The Morgan fingerprint density at radius 1 is 0.562 bits per heavy atom. The third-order valence-corrected chi connectivity index (χ3v) is 7.73. The van der Waals surface area contributed by atoms with Crippen LogP contribution in [-0.4, -0.2) is 36.4 Å². The van der Waals surface area contributed by atoms with Crippen molar-refractivity contribution in [2.24, 2.45) is 5.84 Å². The Hall–Kier alpha value is -5.00. The Morgan fingerprint density at radius 3 is 1.52 bits per heavy atom. The highest BCUT2D eigenvalue weighted by Crippen LogP contribution is 2.17. The highest BCUT2D eigenvalue weighted by atomic mass is 15.7. The van der Waals surface area contributed by atoms with E-state index in [4.69, 9.17) is 5.84 Å². The normalized spacial score (nSPS) is 11.5. The molecule has 2 aliphatic rings. The van der Waals surface area contributed by atoms with Crippen molar-refractivity contribution in [3.8, 4) is 0 Å². The predicted octanol–water partition coefficient (Wildman–Crippen LogP) is 7.89. The number of rotatable bonds is 11. The van der Waals surface area contributed by atoms with Crippen LogP contribution in [-0.2, 0) is 0 Å². The number of unbranched alkanes of at least 4 members (excludes halogenated alkanes) is 7. The van der Waals surface area contributed by atoms with Crippen LogP contribution in [0.25, 0.3) is 57.4 Å². The Balaban J connectivity index is 0.000000159. The lowest BCUT2D eigenvalue weighted by Crippen LogP contribution is -2.47. The van der Waals surface area contributed by atoms with Crippen molar-refractivity contribution in [1.29, 1.82) is 0 Å². The highest BCUT2D eigenvalue weighted by Gasteiger charge is 2.02. The zero-order chi connectivity index (χ0) is 33.2. The Morgan fingerprint density at radius 2 is 1.02 bits per heavy atom. The molecule has 0 aliphatic carbocycles. The van der Waals surface area contributed by atoms with Crippen LogP contribution in [0.3, 0.4) is 0 Å². The van der Waals surface area contributed by atoms with Gasteiger partial charge in [-0.25, -0.2) is 15.4 Å². The maximum Gasteiger partial charge on any atom is 0.0886 e. The van der Waals surface area contributed by atoms with Crippen molar-refractivity contribution in [2.75, 3.05) is 6.54 Å². The lowest BCUT2D eigenvalue weighted by atomic mass is 10.1. The largest absolute Gasteiger partial charge is 0.355 e. The van der Waals surface area contributed by atoms with Gasteiger partial charge in [0.1, 0.15) is 0 Å². The fourth-order valence-corrected chi connectivity index (χ4v) is 5.31. The number of nitrogens with two attached hydrogens (primary N) is 1. The molecule has 10 heteroatoms. The summed E-state index contributed by atoms with van der Waals surface area (Å²) in [6.07, 6.45) is 22.3. The zero-order valence-corrected chi connectivity index (χ0v) is 27.6. The number of aromatic amines is 2. The second kappa shape index (κ2) is 19.0. The van der Waals surface area contributed by atoms with Crippen molar-refractivity contribution in [2.45, 2.75) is 58.3 Å². The Labute approximate surface area is 282 Å². The van der Waals surface area contributed by atoms with Crippen LogP contribution in [0.1, 0.15) is 81.1 Å². The van der Waals surface area contributed by atoms with Crippen molar-refractivity contribution in [3.63, 3.8) is 0 Å². The van der Waals surface area contributed by atoms with Gasteiger partial charge >= 0.3 is 0 Å². The lowest BCUT2D eigenvalue weighted by Gasteiger charge is -2.04. The van der Waals surface area contributed by atoms with E-state index in [0.717, 1.165) is 62.4 Å². The first-order valence-corrected chi connectivity index (χ1v) is 16.8. The first kappa shape index (κ1) is 34.3. The molecule has 248 valence electrons. The first-order valence-electron chi connectivity index (χ1n) is 16.8. The van der Waals surface area contributed by atoms with Crippen LogP contribution in [0, 0.1) is 0 Å². The molecule has 0 atom stereocenters. The Bertz CT molecular complexity index is 1770. The van der Waals surface area contributed by atoms with Gasteiger partial charge in [-0.15, -0.1) is 0 Å². The van der Waals surface area contributed by atoms with E-state index in [1.54, 1.807) is 12.4 Å². The van der Waals surface area contributed by atoms with Gasteiger partial charge in [0.05, 0.1) is 33.8 Å². The smallest absolute Gasteiger partial charge is 0.0886 e. The van der Waals surface area contributed by atoms with Gasteiger partial charge in [0.2, 0.25) is 0 Å². The van der Waals surface area contributed by atoms with Crippen LogP contribution in [0.4, 0.5) is 0 Å². The molecule has 48 heavy (non-hydrogen) atoms. The summed E-state index contributed by atoms with van der Waals surface area (Å²) in [5.74, 6) is 5.01. The molecule has 8 bridgehead atoms. The maximum absolute atomic E-state index is 5.01. The van der Waals surface area contributed by atoms with Crippen LogP contribution < -0.4 is 22.3 Å². The van der Waals surface area contributed by atoms with E-state index in [-0.39, 0.29) is 0 Å². The summed E-state index contributed by atoms with van der Waals surface area (Å²) in [5.41, 5.74) is 17.7. The Kier molecular flexibility index (Phi) is 13.6. The third-order valence-electron chi connectivity index (χ3n) is 7.73. The van der Waals surface area contributed by atoms with Gasteiger partial charge in [-0.3, -0.25) is 15.8 Å². The molecule has 1 aromatic carbocycles. The van der Waals surface area contributed by atoms with E-state index in [2.05, 4.69) is 83.7 Å². The van der Waals surface area contributed by atoms with Crippen molar-refractivity contribution < 1.29 is 0 Å². The number of fused-ring (bicyclic) bond motifs is 9. The minimum Gasteiger partial charge on any atom is -0.355 e. The molecule has 0 saturated heterocycles. The van der Waals surface area contributed by atoms with Gasteiger partial charge in [-0.05, 0) is 91.4 Å². The summed E-state index contributed by atoms with van der Waals surface area (Å²) in [5, 5.41) is 0. The third kappa shape index (κ3) is 11.4. The second-order valence-corrected chi connectivity index (χ2v) is 11.6. The van der Waals surface area contributed by atoms with Gasteiger partial charge in [0, 0.05) is 41.0 Å². The summed E-state index contributed by atoms with van der Waals surface area (Å²) >= 11 is 0. The number of hydrazine groups is 3. The van der Waals surface area contributed by atoms with E-state index in [1.165, 1.54) is 51.4 Å². The number of H-pyrrole nitrogens is 2. The van der Waals surface area contributed by atoms with E-state index < -0.39 is 0 Å². The fourth-order valence-electron chi connectivity index (χ4n) is 5.31. The average Bonchev–Trinajstić information content (AvgIpc) is 3.93. The number of aromatic nitrogens is 6. The lowest BCUT2D eigenvalue weighted by molar-refractivity contribution is 0.431. The summed E-state index contributed by atoms with van der Waals surface area (Å²) in [6.45, 7) is 3.23. The summed E-state index contributed by atoms with van der Waals surface area (Å²) in [6, 6.07) is 24.2. The number of hydrogen-bond acceptors (Lipinski definition) is 8. The van der Waals surface area contributed by atoms with Gasteiger partial charge in [-0.1, -0.05) is 64.0 Å². The van der Waals surface area contributed by atoms with Gasteiger partial charge in [-0.2, -0.15) is 11.1 Å². The molecule has 0 saturated carbocycles. The number of nitrogens with zero attached hydrogens (tertiary/aromatic N) is 4. The molecule has 5 aromatic rings. The van der Waals surface area contributed by atoms with Crippen molar-refractivity contribution >= 4 is 57.4 Å². The van der Waals surface area contributed by atoms with Crippen molar-refractivity contribution in [3.05, 3.63) is 108 Å². The predicted molar refractivity (Wildman–Crippen MR) is 199 cm³/mol. The minimum atomic E-state index is 0.915. The molecule has 7 N–H and O–H groups in total. The molecular formula is C38H46N10. The molecule has 10 nitrogen and oxygen atoms in total. The highest BCUT2D eigenvalue weighted by molar-refractivity contribution is 5.77. The maximum atomic E-state index is 5.01. The summed E-state index contributed by atoms with van der Waals surface area (Å²) in [7, 11) is 0. The topological polar surface area (TPSA) is 145 Å².